The van der Waals surface area contributed by atoms with E-state index in [-0.39, 0.29) is 28.8 Å². The van der Waals surface area contributed by atoms with Crippen LogP contribution in [0, 0.1) is 5.82 Å². The molecule has 0 aromatic carbocycles. The normalized spacial score (nSPS) is 19.3. The van der Waals surface area contributed by atoms with Gasteiger partial charge in [0.05, 0.1) is 0 Å². The van der Waals surface area contributed by atoms with Crippen molar-refractivity contribution in [3.05, 3.63) is 11.0 Å². The van der Waals surface area contributed by atoms with Crippen LogP contribution in [0.15, 0.2) is 0 Å². The Labute approximate surface area is 138 Å². The van der Waals surface area contributed by atoms with E-state index in [9.17, 15) is 4.39 Å². The summed E-state index contributed by atoms with van der Waals surface area (Å²) in [6, 6.07) is 0.387. The molecular weight excluding hydrogens is 321 g/mol. The van der Waals surface area contributed by atoms with Gasteiger partial charge >= 0.3 is 0 Å². The van der Waals surface area contributed by atoms with Crippen LogP contribution in [0.25, 0.3) is 11.0 Å². The standard InChI is InChI=1S/C16H19ClFN3O2/c1-21-13-11(18)15(22-10-7-8-10)20-14(17)12(13)19-16(21)23-9-5-3-2-4-6-9/h9-10H,2-8H2,1H3. The molecule has 0 spiro atoms. The van der Waals surface area contributed by atoms with E-state index in [1.54, 1.807) is 11.6 Å². The molecule has 2 aliphatic rings. The number of imidazole rings is 1. The molecule has 2 aromatic heterocycles. The molecule has 2 aromatic rings. The molecule has 7 heteroatoms. The molecule has 2 heterocycles. The zero-order chi connectivity index (χ0) is 16.0. The fourth-order valence-corrected chi connectivity index (χ4v) is 3.23. The summed E-state index contributed by atoms with van der Waals surface area (Å²) in [6.45, 7) is 0. The Hall–Kier alpha value is -1.56. The molecule has 0 aliphatic heterocycles. The molecule has 0 amide bonds. The number of fused-ring (bicyclic) bond motifs is 1. The van der Waals surface area contributed by atoms with Crippen molar-refractivity contribution in [2.45, 2.75) is 57.2 Å². The lowest BCUT2D eigenvalue weighted by Crippen LogP contribution is -2.21. The van der Waals surface area contributed by atoms with Gasteiger partial charge in [-0.25, -0.2) is 0 Å². The van der Waals surface area contributed by atoms with Crippen molar-refractivity contribution < 1.29 is 13.9 Å². The Balaban J connectivity index is 1.70. The van der Waals surface area contributed by atoms with Crippen LogP contribution < -0.4 is 9.47 Å². The van der Waals surface area contributed by atoms with Gasteiger partial charge in [0, 0.05) is 7.05 Å². The van der Waals surface area contributed by atoms with E-state index < -0.39 is 5.82 Å². The summed E-state index contributed by atoms with van der Waals surface area (Å²) in [5, 5.41) is 0.145. The van der Waals surface area contributed by atoms with Crippen LogP contribution in [0.5, 0.6) is 11.9 Å². The third-order valence-electron chi connectivity index (χ3n) is 4.47. The number of halogens is 2. The number of pyridine rings is 1. The maximum Gasteiger partial charge on any atom is 0.297 e. The lowest BCUT2D eigenvalue weighted by Gasteiger charge is -2.22. The van der Waals surface area contributed by atoms with Gasteiger partial charge in [-0.2, -0.15) is 14.4 Å². The summed E-state index contributed by atoms with van der Waals surface area (Å²) >= 11 is 6.18. The number of rotatable bonds is 4. The molecule has 0 N–H and O–H groups in total. The molecule has 0 bridgehead atoms. The number of ether oxygens (including phenoxy) is 2. The van der Waals surface area contributed by atoms with Gasteiger partial charge in [-0.3, -0.25) is 4.57 Å². The van der Waals surface area contributed by atoms with Gasteiger partial charge in [-0.1, -0.05) is 18.0 Å². The van der Waals surface area contributed by atoms with Crippen molar-refractivity contribution in [2.24, 2.45) is 7.05 Å². The van der Waals surface area contributed by atoms with Gasteiger partial charge in [0.25, 0.3) is 11.9 Å². The van der Waals surface area contributed by atoms with Gasteiger partial charge in [-0.05, 0) is 38.5 Å². The van der Waals surface area contributed by atoms with E-state index in [0.717, 1.165) is 38.5 Å². The Morgan fingerprint density at radius 2 is 1.74 bits per heavy atom. The fourth-order valence-electron chi connectivity index (χ4n) is 3.02. The van der Waals surface area contributed by atoms with E-state index >= 15 is 0 Å². The average molecular weight is 340 g/mol. The van der Waals surface area contributed by atoms with E-state index in [4.69, 9.17) is 21.1 Å². The number of aromatic nitrogens is 3. The Kier molecular flexibility index (Phi) is 3.79. The fraction of sp³-hybridized carbons (Fsp3) is 0.625. The first-order chi connectivity index (χ1) is 11.1. The van der Waals surface area contributed by atoms with Crippen LogP contribution in [0.2, 0.25) is 5.15 Å². The second kappa shape index (κ2) is 5.82. The summed E-state index contributed by atoms with van der Waals surface area (Å²) < 4.78 is 27.8. The summed E-state index contributed by atoms with van der Waals surface area (Å²) in [5.41, 5.74) is 0.604. The van der Waals surface area contributed by atoms with Crippen LogP contribution in [0.1, 0.15) is 44.9 Å². The molecule has 124 valence electrons. The largest absolute Gasteiger partial charge is 0.472 e. The zero-order valence-electron chi connectivity index (χ0n) is 13.0. The van der Waals surface area contributed by atoms with Crippen LogP contribution in [0.3, 0.4) is 0 Å². The lowest BCUT2D eigenvalue weighted by molar-refractivity contribution is 0.138. The van der Waals surface area contributed by atoms with Crippen molar-refractivity contribution in [1.29, 1.82) is 0 Å². The molecule has 2 fully saturated rings. The molecule has 2 aliphatic carbocycles. The quantitative estimate of drug-likeness (QED) is 0.790. The predicted octanol–water partition coefficient (Wildman–Crippen LogP) is 4.01. The Bertz CT molecular complexity index is 739. The molecule has 0 saturated heterocycles. The minimum Gasteiger partial charge on any atom is -0.472 e. The van der Waals surface area contributed by atoms with Crippen molar-refractivity contribution in [3.8, 4) is 11.9 Å². The zero-order valence-corrected chi connectivity index (χ0v) is 13.8. The van der Waals surface area contributed by atoms with Gasteiger partial charge in [0.1, 0.15) is 23.2 Å². The van der Waals surface area contributed by atoms with Crippen molar-refractivity contribution in [3.63, 3.8) is 0 Å². The Morgan fingerprint density at radius 1 is 1.04 bits per heavy atom. The van der Waals surface area contributed by atoms with Crippen LogP contribution in [-0.2, 0) is 7.05 Å². The maximum atomic E-state index is 14.7. The van der Waals surface area contributed by atoms with E-state index in [0.29, 0.717) is 11.5 Å². The second-order valence-electron chi connectivity index (χ2n) is 6.37. The highest BCUT2D eigenvalue weighted by Crippen LogP contribution is 2.35. The first-order valence-corrected chi connectivity index (χ1v) is 8.56. The highest BCUT2D eigenvalue weighted by atomic mass is 35.5. The van der Waals surface area contributed by atoms with Crippen molar-refractivity contribution >= 4 is 22.6 Å². The summed E-state index contributed by atoms with van der Waals surface area (Å²) in [7, 11) is 1.73. The molecule has 4 rings (SSSR count). The minimum atomic E-state index is -0.523. The smallest absolute Gasteiger partial charge is 0.297 e. The highest BCUT2D eigenvalue weighted by molar-refractivity contribution is 6.33. The summed E-state index contributed by atoms with van der Waals surface area (Å²) in [4.78, 5) is 8.37. The van der Waals surface area contributed by atoms with E-state index in [1.807, 2.05) is 0 Å². The molecule has 2 saturated carbocycles. The molecule has 0 atom stereocenters. The highest BCUT2D eigenvalue weighted by Gasteiger charge is 2.29. The first-order valence-electron chi connectivity index (χ1n) is 8.18. The monoisotopic (exact) mass is 339 g/mol. The average Bonchev–Trinajstić information content (AvgIpc) is 3.30. The van der Waals surface area contributed by atoms with Crippen molar-refractivity contribution in [2.75, 3.05) is 0 Å². The van der Waals surface area contributed by atoms with Gasteiger partial charge in [-0.15, -0.1) is 0 Å². The molecule has 5 nitrogen and oxygen atoms in total. The SMILES string of the molecule is Cn1c(OC2CCCCC2)nc2c(Cl)nc(OC3CC3)c(F)c21. The first kappa shape index (κ1) is 15.0. The number of aryl methyl sites for hydroxylation is 1. The predicted molar refractivity (Wildman–Crippen MR) is 84.6 cm³/mol. The number of hydrogen-bond acceptors (Lipinski definition) is 4. The maximum absolute atomic E-state index is 14.7. The topological polar surface area (TPSA) is 49.2 Å². The number of nitrogens with zero attached hydrogens (tertiary/aromatic N) is 3. The van der Waals surface area contributed by atoms with Crippen LogP contribution in [-0.4, -0.2) is 26.7 Å². The molecule has 0 unspecified atom stereocenters. The Morgan fingerprint density at radius 3 is 2.43 bits per heavy atom. The second-order valence-corrected chi connectivity index (χ2v) is 6.73. The summed E-state index contributed by atoms with van der Waals surface area (Å²) in [5.74, 6) is -0.568. The summed E-state index contributed by atoms with van der Waals surface area (Å²) in [6.07, 6.45) is 7.62. The minimum absolute atomic E-state index is 0.0442. The third kappa shape index (κ3) is 2.84. The van der Waals surface area contributed by atoms with Gasteiger partial charge in [0.15, 0.2) is 5.15 Å². The van der Waals surface area contributed by atoms with Gasteiger partial charge in [0.2, 0.25) is 5.82 Å². The third-order valence-corrected chi connectivity index (χ3v) is 4.74. The molecule has 23 heavy (non-hydrogen) atoms. The van der Waals surface area contributed by atoms with Crippen LogP contribution in [0.4, 0.5) is 4.39 Å². The lowest BCUT2D eigenvalue weighted by atomic mass is 9.98. The number of hydrogen-bond donors (Lipinski definition) is 0. The van der Waals surface area contributed by atoms with Crippen molar-refractivity contribution in [1.82, 2.24) is 14.5 Å². The van der Waals surface area contributed by atoms with E-state index in [1.165, 1.54) is 6.42 Å². The van der Waals surface area contributed by atoms with Gasteiger partial charge < -0.3 is 9.47 Å². The van der Waals surface area contributed by atoms with E-state index in [2.05, 4.69) is 9.97 Å². The van der Waals surface area contributed by atoms with Crippen LogP contribution >= 0.6 is 11.6 Å². The molecular formula is C16H19ClFN3O2. The molecule has 0 radical (unpaired) electrons.